The van der Waals surface area contributed by atoms with Gasteiger partial charge in [-0.2, -0.15) is 0 Å². The summed E-state index contributed by atoms with van der Waals surface area (Å²) in [5.74, 6) is 0.757. The summed E-state index contributed by atoms with van der Waals surface area (Å²) < 4.78 is 5.88. The van der Waals surface area contributed by atoms with Gasteiger partial charge in [0, 0.05) is 6.54 Å². The molecule has 0 aromatic heterocycles. The Balaban J connectivity index is 1.82. The molecule has 3 heteroatoms. The largest absolute Gasteiger partial charge is 0.481 e. The predicted molar refractivity (Wildman–Crippen MR) is 94.8 cm³/mol. The summed E-state index contributed by atoms with van der Waals surface area (Å²) in [6, 6.07) is 5.97. The summed E-state index contributed by atoms with van der Waals surface area (Å²) in [5, 5.41) is 3.02. The molecule has 1 aliphatic rings. The summed E-state index contributed by atoms with van der Waals surface area (Å²) in [4.78, 5) is 12.3. The lowest BCUT2D eigenvalue weighted by molar-refractivity contribution is -0.128. The van der Waals surface area contributed by atoms with Gasteiger partial charge in [0.05, 0.1) is 0 Å². The van der Waals surface area contributed by atoms with Crippen molar-refractivity contribution in [3.63, 3.8) is 0 Å². The topological polar surface area (TPSA) is 38.3 Å². The van der Waals surface area contributed by atoms with Crippen molar-refractivity contribution < 1.29 is 9.53 Å². The van der Waals surface area contributed by atoms with Gasteiger partial charge in [-0.05, 0) is 75.6 Å². The third kappa shape index (κ3) is 5.42. The first-order valence-corrected chi connectivity index (χ1v) is 8.79. The standard InChI is InChI=1S/C20H29NO2/c1-4-19(23-18-11-10-15(2)16(3)14-18)20(22)21-13-12-17-8-6-5-7-9-17/h8,10-11,14,19H,4-7,9,12-13H2,1-3H3,(H,21,22). The van der Waals surface area contributed by atoms with Crippen LogP contribution in [0.25, 0.3) is 0 Å². The number of rotatable bonds is 7. The van der Waals surface area contributed by atoms with Crippen LogP contribution >= 0.6 is 0 Å². The Kier molecular flexibility index (Phi) is 6.69. The smallest absolute Gasteiger partial charge is 0.261 e. The summed E-state index contributed by atoms with van der Waals surface area (Å²) in [6.45, 7) is 6.82. The minimum Gasteiger partial charge on any atom is -0.481 e. The van der Waals surface area contributed by atoms with Gasteiger partial charge in [-0.15, -0.1) is 0 Å². The molecule has 0 radical (unpaired) electrons. The Morgan fingerprint density at radius 1 is 1.26 bits per heavy atom. The van der Waals surface area contributed by atoms with Crippen molar-refractivity contribution in [2.24, 2.45) is 0 Å². The molecule has 0 bridgehead atoms. The van der Waals surface area contributed by atoms with Gasteiger partial charge in [-0.25, -0.2) is 0 Å². The minimum atomic E-state index is -0.419. The highest BCUT2D eigenvalue weighted by Gasteiger charge is 2.18. The van der Waals surface area contributed by atoms with E-state index < -0.39 is 6.10 Å². The monoisotopic (exact) mass is 315 g/mol. The Labute approximate surface area is 140 Å². The molecule has 126 valence electrons. The van der Waals surface area contributed by atoms with Crippen LogP contribution in [0.4, 0.5) is 0 Å². The molecular weight excluding hydrogens is 286 g/mol. The Morgan fingerprint density at radius 3 is 2.74 bits per heavy atom. The van der Waals surface area contributed by atoms with Gasteiger partial charge in [-0.1, -0.05) is 24.6 Å². The molecule has 1 aliphatic carbocycles. The molecule has 2 rings (SSSR count). The first-order valence-electron chi connectivity index (χ1n) is 8.79. The molecule has 3 nitrogen and oxygen atoms in total. The zero-order valence-electron chi connectivity index (χ0n) is 14.7. The first-order chi connectivity index (χ1) is 11.1. The lowest BCUT2D eigenvalue weighted by Gasteiger charge is -2.19. The Bertz CT molecular complexity index is 563. The molecule has 1 aromatic rings. The number of aryl methyl sites for hydroxylation is 2. The van der Waals surface area contributed by atoms with Crippen molar-refractivity contribution in [1.29, 1.82) is 0 Å². The molecule has 0 aliphatic heterocycles. The zero-order chi connectivity index (χ0) is 16.7. The van der Waals surface area contributed by atoms with Crippen LogP contribution < -0.4 is 10.1 Å². The van der Waals surface area contributed by atoms with E-state index in [0.29, 0.717) is 13.0 Å². The maximum Gasteiger partial charge on any atom is 0.261 e. The van der Waals surface area contributed by atoms with Crippen LogP contribution in [-0.2, 0) is 4.79 Å². The Hall–Kier alpha value is -1.77. The molecule has 1 atom stereocenters. The van der Waals surface area contributed by atoms with E-state index >= 15 is 0 Å². The number of allylic oxidation sites excluding steroid dienone is 1. The number of hydrogen-bond donors (Lipinski definition) is 1. The van der Waals surface area contributed by atoms with Crippen LogP contribution in [0.2, 0.25) is 0 Å². The summed E-state index contributed by atoms with van der Waals surface area (Å²) >= 11 is 0. The van der Waals surface area contributed by atoms with Crippen LogP contribution in [-0.4, -0.2) is 18.6 Å². The van der Waals surface area contributed by atoms with Crippen LogP contribution in [0.5, 0.6) is 5.75 Å². The average molecular weight is 315 g/mol. The highest BCUT2D eigenvalue weighted by molar-refractivity contribution is 5.81. The number of hydrogen-bond acceptors (Lipinski definition) is 2. The number of carbonyl (C=O) groups is 1. The van der Waals surface area contributed by atoms with E-state index in [2.05, 4.69) is 25.2 Å². The molecule has 1 aromatic carbocycles. The molecule has 23 heavy (non-hydrogen) atoms. The summed E-state index contributed by atoms with van der Waals surface area (Å²) in [7, 11) is 0. The molecule has 1 amide bonds. The maximum absolute atomic E-state index is 12.3. The molecule has 0 heterocycles. The van der Waals surface area contributed by atoms with Crippen LogP contribution in [0, 0.1) is 13.8 Å². The number of nitrogens with one attached hydrogen (secondary N) is 1. The van der Waals surface area contributed by atoms with Crippen molar-refractivity contribution >= 4 is 5.91 Å². The van der Waals surface area contributed by atoms with E-state index in [1.54, 1.807) is 0 Å². The van der Waals surface area contributed by atoms with E-state index in [1.165, 1.54) is 42.4 Å². The highest BCUT2D eigenvalue weighted by atomic mass is 16.5. The molecule has 1 N–H and O–H groups in total. The summed E-state index contributed by atoms with van der Waals surface area (Å²) in [5.41, 5.74) is 3.90. The van der Waals surface area contributed by atoms with Crippen LogP contribution in [0.1, 0.15) is 56.6 Å². The van der Waals surface area contributed by atoms with Gasteiger partial charge in [0.15, 0.2) is 6.10 Å². The molecule has 0 fully saturated rings. The first kappa shape index (κ1) is 17.6. The van der Waals surface area contributed by atoms with E-state index in [-0.39, 0.29) is 5.91 Å². The van der Waals surface area contributed by atoms with Crippen molar-refractivity contribution in [2.75, 3.05) is 6.54 Å². The van der Waals surface area contributed by atoms with Gasteiger partial charge in [0.25, 0.3) is 5.91 Å². The fourth-order valence-electron chi connectivity index (χ4n) is 2.87. The maximum atomic E-state index is 12.3. The van der Waals surface area contributed by atoms with E-state index in [4.69, 9.17) is 4.74 Å². The second-order valence-corrected chi connectivity index (χ2v) is 6.41. The van der Waals surface area contributed by atoms with Crippen molar-refractivity contribution in [3.05, 3.63) is 41.0 Å². The lowest BCUT2D eigenvalue weighted by atomic mass is 9.97. The van der Waals surface area contributed by atoms with Gasteiger partial charge in [0.2, 0.25) is 0 Å². The minimum absolute atomic E-state index is 0.0119. The lowest BCUT2D eigenvalue weighted by Crippen LogP contribution is -2.38. The quantitative estimate of drug-likeness (QED) is 0.754. The number of ether oxygens (including phenoxy) is 1. The van der Waals surface area contributed by atoms with Gasteiger partial charge in [0.1, 0.15) is 5.75 Å². The number of carbonyl (C=O) groups excluding carboxylic acids is 1. The number of benzene rings is 1. The molecule has 1 unspecified atom stereocenters. The third-order valence-electron chi connectivity index (χ3n) is 4.55. The normalized spacial score (nSPS) is 15.7. The molecular formula is C20H29NO2. The van der Waals surface area contributed by atoms with Gasteiger partial charge in [-0.3, -0.25) is 4.79 Å². The van der Waals surface area contributed by atoms with Gasteiger partial charge < -0.3 is 10.1 Å². The van der Waals surface area contributed by atoms with E-state index in [0.717, 1.165) is 12.2 Å². The second kappa shape index (κ2) is 8.76. The predicted octanol–water partition coefficient (Wildman–Crippen LogP) is 4.47. The fraction of sp³-hybridized carbons (Fsp3) is 0.550. The molecule has 0 saturated carbocycles. The molecule has 0 saturated heterocycles. The Morgan fingerprint density at radius 2 is 2.09 bits per heavy atom. The van der Waals surface area contributed by atoms with Crippen molar-refractivity contribution in [3.8, 4) is 5.75 Å². The second-order valence-electron chi connectivity index (χ2n) is 6.41. The van der Waals surface area contributed by atoms with Crippen LogP contribution in [0.15, 0.2) is 29.8 Å². The fourth-order valence-corrected chi connectivity index (χ4v) is 2.87. The zero-order valence-corrected chi connectivity index (χ0v) is 14.7. The molecule has 0 spiro atoms. The van der Waals surface area contributed by atoms with Gasteiger partial charge >= 0.3 is 0 Å². The number of amides is 1. The summed E-state index contributed by atoms with van der Waals surface area (Å²) in [6.07, 6.45) is 8.51. The van der Waals surface area contributed by atoms with Crippen molar-refractivity contribution in [1.82, 2.24) is 5.32 Å². The van der Waals surface area contributed by atoms with E-state index in [9.17, 15) is 4.79 Å². The highest BCUT2D eigenvalue weighted by Crippen LogP contribution is 2.20. The van der Waals surface area contributed by atoms with Crippen molar-refractivity contribution in [2.45, 2.75) is 65.4 Å². The third-order valence-corrected chi connectivity index (χ3v) is 4.55. The SMILES string of the molecule is CCC(Oc1ccc(C)c(C)c1)C(=O)NCCC1=CCCCC1. The average Bonchev–Trinajstić information content (AvgIpc) is 2.56. The van der Waals surface area contributed by atoms with E-state index in [1.807, 2.05) is 25.1 Å². The van der Waals surface area contributed by atoms with Crippen LogP contribution in [0.3, 0.4) is 0 Å².